The Hall–Kier alpha value is -2.60. The standard InChI is InChI=1S/C19H21ClN2O4/c1-19(2,3)13-6-8-14(9-7-13)25-12-17(24)26-11-16(23)22-15-5-4-10-21-18(15)20/h4-10H,11-12H2,1-3H3,(H,22,23). The number of pyridine rings is 1. The number of hydrogen-bond donors (Lipinski definition) is 1. The van der Waals surface area contributed by atoms with Crippen LogP contribution in [0.3, 0.4) is 0 Å². The van der Waals surface area contributed by atoms with E-state index in [1.54, 1.807) is 24.3 Å². The molecule has 1 aromatic carbocycles. The Morgan fingerprint density at radius 1 is 1.12 bits per heavy atom. The van der Waals surface area contributed by atoms with Crippen molar-refractivity contribution in [2.75, 3.05) is 18.5 Å². The zero-order valence-corrected chi connectivity index (χ0v) is 15.7. The van der Waals surface area contributed by atoms with Gasteiger partial charge in [-0.25, -0.2) is 9.78 Å². The highest BCUT2D eigenvalue weighted by Crippen LogP contribution is 2.24. The lowest BCUT2D eigenvalue weighted by atomic mass is 9.87. The van der Waals surface area contributed by atoms with E-state index in [9.17, 15) is 9.59 Å². The van der Waals surface area contributed by atoms with E-state index in [2.05, 4.69) is 31.1 Å². The molecule has 0 bridgehead atoms. The predicted octanol–water partition coefficient (Wildman–Crippen LogP) is 3.59. The average molecular weight is 377 g/mol. The minimum atomic E-state index is -0.641. The molecule has 6 nitrogen and oxygen atoms in total. The Bertz CT molecular complexity index is 770. The predicted molar refractivity (Wildman–Crippen MR) is 99.5 cm³/mol. The minimum absolute atomic E-state index is 0.0436. The van der Waals surface area contributed by atoms with Crippen LogP contribution in [0.15, 0.2) is 42.6 Å². The van der Waals surface area contributed by atoms with Crippen molar-refractivity contribution < 1.29 is 19.1 Å². The number of carbonyl (C=O) groups excluding carboxylic acids is 2. The zero-order chi connectivity index (χ0) is 19.2. The fraction of sp³-hybridized carbons (Fsp3) is 0.316. The number of anilines is 1. The number of nitrogens with zero attached hydrogens (tertiary/aromatic N) is 1. The van der Waals surface area contributed by atoms with Gasteiger partial charge in [-0.15, -0.1) is 0 Å². The summed E-state index contributed by atoms with van der Waals surface area (Å²) in [6.45, 7) is 5.63. The van der Waals surface area contributed by atoms with Gasteiger partial charge in [0.2, 0.25) is 0 Å². The van der Waals surface area contributed by atoms with E-state index >= 15 is 0 Å². The summed E-state index contributed by atoms with van der Waals surface area (Å²) in [7, 11) is 0. The van der Waals surface area contributed by atoms with Crippen LogP contribution in [0.25, 0.3) is 0 Å². The number of aromatic nitrogens is 1. The number of halogens is 1. The molecule has 0 aliphatic carbocycles. The summed E-state index contributed by atoms with van der Waals surface area (Å²) >= 11 is 5.83. The van der Waals surface area contributed by atoms with E-state index < -0.39 is 18.5 Å². The number of rotatable bonds is 6. The highest BCUT2D eigenvalue weighted by molar-refractivity contribution is 6.32. The molecule has 0 saturated carbocycles. The summed E-state index contributed by atoms with van der Waals surface area (Å²) in [6, 6.07) is 10.7. The first-order valence-electron chi connectivity index (χ1n) is 8.05. The van der Waals surface area contributed by atoms with Crippen LogP contribution in [0, 0.1) is 0 Å². The Morgan fingerprint density at radius 3 is 2.42 bits per heavy atom. The third-order valence-corrected chi connectivity index (χ3v) is 3.78. The number of amides is 1. The molecular formula is C19H21ClN2O4. The molecular weight excluding hydrogens is 356 g/mol. The van der Waals surface area contributed by atoms with E-state index in [0.717, 1.165) is 5.56 Å². The van der Waals surface area contributed by atoms with Crippen molar-refractivity contribution in [3.05, 3.63) is 53.3 Å². The summed E-state index contributed by atoms with van der Waals surface area (Å²) in [4.78, 5) is 27.3. The maximum absolute atomic E-state index is 11.8. The van der Waals surface area contributed by atoms with Crippen molar-refractivity contribution in [2.24, 2.45) is 0 Å². The Kier molecular flexibility index (Phi) is 6.58. The molecule has 2 rings (SSSR count). The number of benzene rings is 1. The third-order valence-electron chi connectivity index (χ3n) is 3.47. The molecule has 7 heteroatoms. The van der Waals surface area contributed by atoms with Crippen molar-refractivity contribution in [1.29, 1.82) is 0 Å². The normalized spacial score (nSPS) is 10.9. The van der Waals surface area contributed by atoms with Crippen LogP contribution in [0.1, 0.15) is 26.3 Å². The van der Waals surface area contributed by atoms with Crippen molar-refractivity contribution in [2.45, 2.75) is 26.2 Å². The second-order valence-corrected chi connectivity index (χ2v) is 6.97. The number of esters is 1. The topological polar surface area (TPSA) is 77.5 Å². The van der Waals surface area contributed by atoms with Crippen molar-refractivity contribution >= 4 is 29.2 Å². The van der Waals surface area contributed by atoms with Gasteiger partial charge in [-0.05, 0) is 35.2 Å². The first kappa shape index (κ1) is 19.7. The second kappa shape index (κ2) is 8.67. The molecule has 1 N–H and O–H groups in total. The van der Waals surface area contributed by atoms with E-state index in [0.29, 0.717) is 11.4 Å². The SMILES string of the molecule is CC(C)(C)c1ccc(OCC(=O)OCC(=O)Nc2cccnc2Cl)cc1. The number of hydrogen-bond acceptors (Lipinski definition) is 5. The molecule has 1 aromatic heterocycles. The van der Waals surface area contributed by atoms with Gasteiger partial charge < -0.3 is 14.8 Å². The number of nitrogens with one attached hydrogen (secondary N) is 1. The smallest absolute Gasteiger partial charge is 0.344 e. The third kappa shape index (κ3) is 6.04. The van der Waals surface area contributed by atoms with Gasteiger partial charge >= 0.3 is 5.97 Å². The van der Waals surface area contributed by atoms with E-state index in [1.165, 1.54) is 6.20 Å². The van der Waals surface area contributed by atoms with Gasteiger partial charge in [0.05, 0.1) is 5.69 Å². The molecule has 0 aliphatic heterocycles. The quantitative estimate of drug-likeness (QED) is 0.615. The number of carbonyl (C=O) groups is 2. The second-order valence-electron chi connectivity index (χ2n) is 6.61. The molecule has 0 spiro atoms. The summed E-state index contributed by atoms with van der Waals surface area (Å²) in [5.74, 6) is -0.596. The maximum atomic E-state index is 11.8. The zero-order valence-electron chi connectivity index (χ0n) is 14.9. The average Bonchev–Trinajstić information content (AvgIpc) is 2.60. The molecule has 2 aromatic rings. The fourth-order valence-electron chi connectivity index (χ4n) is 2.05. The Morgan fingerprint density at radius 2 is 1.81 bits per heavy atom. The van der Waals surface area contributed by atoms with Gasteiger partial charge in [0.25, 0.3) is 5.91 Å². The Labute approximate surface area is 157 Å². The summed E-state index contributed by atoms with van der Waals surface area (Å²) in [5, 5.41) is 2.67. The summed E-state index contributed by atoms with van der Waals surface area (Å²) < 4.78 is 10.2. The first-order valence-corrected chi connectivity index (χ1v) is 8.43. The molecule has 0 atom stereocenters. The van der Waals surface area contributed by atoms with Gasteiger partial charge in [0.1, 0.15) is 5.75 Å². The molecule has 0 saturated heterocycles. The highest BCUT2D eigenvalue weighted by Gasteiger charge is 2.14. The van der Waals surface area contributed by atoms with Gasteiger partial charge in [-0.1, -0.05) is 44.5 Å². The lowest BCUT2D eigenvalue weighted by Crippen LogP contribution is -2.23. The van der Waals surface area contributed by atoms with Crippen molar-refractivity contribution in [3.8, 4) is 5.75 Å². The Balaban J connectivity index is 1.75. The largest absolute Gasteiger partial charge is 0.482 e. The van der Waals surface area contributed by atoms with Crippen LogP contribution in [-0.4, -0.2) is 30.1 Å². The minimum Gasteiger partial charge on any atom is -0.482 e. The highest BCUT2D eigenvalue weighted by atomic mass is 35.5. The van der Waals surface area contributed by atoms with Crippen LogP contribution < -0.4 is 10.1 Å². The molecule has 26 heavy (non-hydrogen) atoms. The first-order chi connectivity index (χ1) is 12.3. The van der Waals surface area contributed by atoms with E-state index in [-0.39, 0.29) is 17.2 Å². The summed E-state index contributed by atoms with van der Waals surface area (Å²) in [6.07, 6.45) is 1.50. The van der Waals surface area contributed by atoms with Crippen molar-refractivity contribution in [3.63, 3.8) is 0 Å². The van der Waals surface area contributed by atoms with Gasteiger partial charge in [-0.2, -0.15) is 0 Å². The van der Waals surface area contributed by atoms with Gasteiger partial charge in [0, 0.05) is 6.20 Å². The molecule has 1 heterocycles. The molecule has 138 valence electrons. The van der Waals surface area contributed by atoms with Crippen LogP contribution >= 0.6 is 11.6 Å². The van der Waals surface area contributed by atoms with Crippen LogP contribution in [0.2, 0.25) is 5.15 Å². The molecule has 0 unspecified atom stereocenters. The number of ether oxygens (including phenoxy) is 2. The van der Waals surface area contributed by atoms with Crippen molar-refractivity contribution in [1.82, 2.24) is 4.98 Å². The van der Waals surface area contributed by atoms with Crippen LogP contribution in [0.5, 0.6) is 5.75 Å². The lowest BCUT2D eigenvalue weighted by Gasteiger charge is -2.19. The van der Waals surface area contributed by atoms with Crippen LogP contribution in [0.4, 0.5) is 5.69 Å². The maximum Gasteiger partial charge on any atom is 0.344 e. The van der Waals surface area contributed by atoms with E-state index in [4.69, 9.17) is 21.1 Å². The summed E-state index contributed by atoms with van der Waals surface area (Å²) in [5.41, 5.74) is 1.56. The molecule has 0 radical (unpaired) electrons. The van der Waals surface area contributed by atoms with Gasteiger partial charge in [-0.3, -0.25) is 4.79 Å². The van der Waals surface area contributed by atoms with Crippen LogP contribution in [-0.2, 0) is 19.7 Å². The molecule has 1 amide bonds. The molecule has 0 aliphatic rings. The van der Waals surface area contributed by atoms with Gasteiger partial charge in [0.15, 0.2) is 18.4 Å². The van der Waals surface area contributed by atoms with E-state index in [1.807, 2.05) is 12.1 Å². The lowest BCUT2D eigenvalue weighted by molar-refractivity contribution is -0.149. The monoisotopic (exact) mass is 376 g/mol. The molecule has 0 fully saturated rings. The fourth-order valence-corrected chi connectivity index (χ4v) is 2.21.